The third kappa shape index (κ3) is 3.86. The Morgan fingerprint density at radius 1 is 1.00 bits per heavy atom. The SMILES string of the molecule is CCC1(Oc2ccc(CN)cc2)Oc2ccccc2N(Cc2ccc(Cl)cc2)C1=O. The number of amides is 1. The molecular weight excluding hydrogens is 400 g/mol. The van der Waals surface area contributed by atoms with Crippen molar-refractivity contribution < 1.29 is 14.3 Å². The maximum Gasteiger partial charge on any atom is 0.332 e. The van der Waals surface area contributed by atoms with Crippen LogP contribution in [-0.4, -0.2) is 11.7 Å². The predicted octanol–water partition coefficient (Wildman–Crippen LogP) is 4.91. The van der Waals surface area contributed by atoms with Crippen LogP contribution in [0.4, 0.5) is 5.69 Å². The monoisotopic (exact) mass is 422 g/mol. The van der Waals surface area contributed by atoms with Gasteiger partial charge in [-0.05, 0) is 47.5 Å². The first-order valence-corrected chi connectivity index (χ1v) is 10.2. The van der Waals surface area contributed by atoms with Crippen LogP contribution in [-0.2, 0) is 17.9 Å². The minimum absolute atomic E-state index is 0.249. The molecule has 3 aromatic rings. The van der Waals surface area contributed by atoms with Crippen LogP contribution in [0.1, 0.15) is 24.5 Å². The number of hydrogen-bond acceptors (Lipinski definition) is 4. The standard InChI is InChI=1S/C24H23ClN2O3/c1-2-24(29-20-13-9-17(15-26)10-14-20)23(28)27(16-18-7-11-19(25)12-8-18)21-5-3-4-6-22(21)30-24/h3-14H,2,15-16,26H2,1H3. The molecule has 30 heavy (non-hydrogen) atoms. The molecular formula is C24H23ClN2O3. The van der Waals surface area contributed by atoms with Crippen LogP contribution in [0.15, 0.2) is 72.8 Å². The highest BCUT2D eigenvalue weighted by Crippen LogP contribution is 2.40. The molecule has 1 aliphatic heterocycles. The zero-order valence-electron chi connectivity index (χ0n) is 16.7. The number of nitrogens with zero attached hydrogens (tertiary/aromatic N) is 1. The lowest BCUT2D eigenvalue weighted by atomic mass is 10.1. The molecule has 1 atom stereocenters. The molecule has 154 valence electrons. The van der Waals surface area contributed by atoms with Crippen molar-refractivity contribution in [3.8, 4) is 11.5 Å². The number of hydrogen-bond donors (Lipinski definition) is 1. The second kappa shape index (κ2) is 8.38. The number of nitrogens with two attached hydrogens (primary N) is 1. The molecule has 1 heterocycles. The van der Waals surface area contributed by atoms with Gasteiger partial charge in [-0.25, -0.2) is 0 Å². The molecule has 1 aliphatic rings. The molecule has 0 radical (unpaired) electrons. The second-order valence-electron chi connectivity index (χ2n) is 7.14. The summed E-state index contributed by atoms with van der Waals surface area (Å²) >= 11 is 6.02. The zero-order chi connectivity index (χ0) is 21.1. The van der Waals surface area contributed by atoms with Crippen LogP contribution in [0.25, 0.3) is 0 Å². The van der Waals surface area contributed by atoms with Gasteiger partial charge >= 0.3 is 11.7 Å². The van der Waals surface area contributed by atoms with Crippen LogP contribution in [0.2, 0.25) is 5.02 Å². The van der Waals surface area contributed by atoms with Crippen molar-refractivity contribution in [3.05, 3.63) is 88.9 Å². The van der Waals surface area contributed by atoms with Crippen molar-refractivity contribution in [2.24, 2.45) is 5.73 Å². The van der Waals surface area contributed by atoms with E-state index in [1.807, 2.05) is 67.6 Å². The largest absolute Gasteiger partial charge is 0.444 e. The van der Waals surface area contributed by atoms with Gasteiger partial charge in [0.05, 0.1) is 12.2 Å². The van der Waals surface area contributed by atoms with Gasteiger partial charge < -0.3 is 15.2 Å². The number of halogens is 1. The van der Waals surface area contributed by atoms with Crippen molar-refractivity contribution in [1.82, 2.24) is 0 Å². The minimum atomic E-state index is -1.45. The number of carbonyl (C=O) groups excluding carboxylic acids is 1. The van der Waals surface area contributed by atoms with Gasteiger partial charge in [-0.3, -0.25) is 9.69 Å². The van der Waals surface area contributed by atoms with Gasteiger partial charge in [-0.2, -0.15) is 0 Å². The number of carbonyl (C=O) groups is 1. The van der Waals surface area contributed by atoms with Crippen molar-refractivity contribution in [1.29, 1.82) is 0 Å². The van der Waals surface area contributed by atoms with Crippen molar-refractivity contribution in [2.75, 3.05) is 4.90 Å². The summed E-state index contributed by atoms with van der Waals surface area (Å²) < 4.78 is 12.3. The van der Waals surface area contributed by atoms with E-state index in [9.17, 15) is 4.79 Å². The van der Waals surface area contributed by atoms with Crippen LogP contribution < -0.4 is 20.1 Å². The predicted molar refractivity (Wildman–Crippen MR) is 118 cm³/mol. The fraction of sp³-hybridized carbons (Fsp3) is 0.208. The maximum absolute atomic E-state index is 13.7. The van der Waals surface area contributed by atoms with Crippen LogP contribution in [0.5, 0.6) is 11.5 Å². The summed E-state index contributed by atoms with van der Waals surface area (Å²) in [6.07, 6.45) is 0.343. The number of anilines is 1. The fourth-order valence-electron chi connectivity index (χ4n) is 3.48. The lowest BCUT2D eigenvalue weighted by Crippen LogP contribution is -2.59. The average Bonchev–Trinajstić information content (AvgIpc) is 2.78. The van der Waals surface area contributed by atoms with Gasteiger partial charge in [0.25, 0.3) is 0 Å². The van der Waals surface area contributed by atoms with Gasteiger partial charge in [0.1, 0.15) is 11.5 Å². The highest BCUT2D eigenvalue weighted by molar-refractivity contribution is 6.30. The lowest BCUT2D eigenvalue weighted by molar-refractivity contribution is -0.167. The van der Waals surface area contributed by atoms with Gasteiger partial charge in [-0.1, -0.05) is 54.9 Å². The molecule has 0 saturated carbocycles. The second-order valence-corrected chi connectivity index (χ2v) is 7.58. The summed E-state index contributed by atoms with van der Waals surface area (Å²) in [5.74, 6) is -0.549. The lowest BCUT2D eigenvalue weighted by Gasteiger charge is -2.41. The Balaban J connectivity index is 1.70. The normalized spacial score (nSPS) is 18.0. The summed E-state index contributed by atoms with van der Waals surface area (Å²) in [6, 6.07) is 22.3. The minimum Gasteiger partial charge on any atom is -0.444 e. The Morgan fingerprint density at radius 3 is 2.33 bits per heavy atom. The van der Waals surface area contributed by atoms with E-state index in [1.54, 1.807) is 17.0 Å². The topological polar surface area (TPSA) is 64.8 Å². The molecule has 0 spiro atoms. The Hall–Kier alpha value is -3.02. The molecule has 5 nitrogen and oxygen atoms in total. The zero-order valence-corrected chi connectivity index (χ0v) is 17.4. The quantitative estimate of drug-likeness (QED) is 0.613. The Labute approximate surface area is 181 Å². The number of rotatable bonds is 6. The summed E-state index contributed by atoms with van der Waals surface area (Å²) in [5, 5.41) is 0.652. The third-order valence-electron chi connectivity index (χ3n) is 5.16. The van der Waals surface area contributed by atoms with Crippen molar-refractivity contribution in [2.45, 2.75) is 32.2 Å². The van der Waals surface area contributed by atoms with E-state index in [4.69, 9.17) is 26.8 Å². The van der Waals surface area contributed by atoms with Gasteiger partial charge in [-0.15, -0.1) is 0 Å². The molecule has 0 aromatic heterocycles. The molecule has 0 bridgehead atoms. The molecule has 1 amide bonds. The number of ether oxygens (including phenoxy) is 2. The summed E-state index contributed by atoms with van der Waals surface area (Å²) in [7, 11) is 0. The number of fused-ring (bicyclic) bond motifs is 1. The molecule has 4 rings (SSSR count). The Kier molecular flexibility index (Phi) is 5.66. The van der Waals surface area contributed by atoms with Gasteiger partial charge in [0, 0.05) is 18.0 Å². The molecule has 1 unspecified atom stereocenters. The first kappa shape index (κ1) is 20.3. The van der Waals surface area contributed by atoms with E-state index in [0.29, 0.717) is 41.7 Å². The Bertz CT molecular complexity index is 1040. The van der Waals surface area contributed by atoms with E-state index < -0.39 is 5.79 Å². The van der Waals surface area contributed by atoms with Crippen molar-refractivity contribution >= 4 is 23.2 Å². The van der Waals surface area contributed by atoms with E-state index in [2.05, 4.69) is 0 Å². The molecule has 0 aliphatic carbocycles. The van der Waals surface area contributed by atoms with E-state index in [0.717, 1.165) is 11.1 Å². The maximum atomic E-state index is 13.7. The van der Waals surface area contributed by atoms with Crippen LogP contribution in [0, 0.1) is 0 Å². The van der Waals surface area contributed by atoms with E-state index in [-0.39, 0.29) is 5.91 Å². The highest BCUT2D eigenvalue weighted by Gasteiger charge is 2.49. The molecule has 2 N–H and O–H groups in total. The number of benzene rings is 3. The summed E-state index contributed by atoms with van der Waals surface area (Å²) in [5.41, 5.74) is 8.33. The first-order chi connectivity index (χ1) is 14.5. The molecule has 6 heteroatoms. The summed E-state index contributed by atoms with van der Waals surface area (Å²) in [4.78, 5) is 15.4. The Morgan fingerprint density at radius 2 is 1.67 bits per heavy atom. The fourth-order valence-corrected chi connectivity index (χ4v) is 3.60. The molecule has 3 aromatic carbocycles. The van der Waals surface area contributed by atoms with E-state index >= 15 is 0 Å². The van der Waals surface area contributed by atoms with Crippen molar-refractivity contribution in [3.63, 3.8) is 0 Å². The van der Waals surface area contributed by atoms with E-state index in [1.165, 1.54) is 0 Å². The van der Waals surface area contributed by atoms with Gasteiger partial charge in [0.15, 0.2) is 0 Å². The molecule has 0 fully saturated rings. The third-order valence-corrected chi connectivity index (χ3v) is 5.42. The van der Waals surface area contributed by atoms with Crippen LogP contribution >= 0.6 is 11.6 Å². The molecule has 0 saturated heterocycles. The smallest absolute Gasteiger partial charge is 0.332 e. The summed E-state index contributed by atoms with van der Waals surface area (Å²) in [6.45, 7) is 2.70. The van der Waals surface area contributed by atoms with Crippen LogP contribution in [0.3, 0.4) is 0 Å². The first-order valence-electron chi connectivity index (χ1n) is 9.87. The highest BCUT2D eigenvalue weighted by atomic mass is 35.5. The van der Waals surface area contributed by atoms with Gasteiger partial charge in [0.2, 0.25) is 0 Å². The number of para-hydroxylation sites is 2. The average molecular weight is 423 g/mol.